The summed E-state index contributed by atoms with van der Waals surface area (Å²) in [6.45, 7) is 5.06. The SMILES string of the molecule is C[C@H](C(=O)Nc1ccc(C#N)c(Cl)c1)[NH+]1CCN(c2ccccc2O)CC1. The van der Waals surface area contributed by atoms with Gasteiger partial charge in [0.1, 0.15) is 11.8 Å². The summed E-state index contributed by atoms with van der Waals surface area (Å²) in [4.78, 5) is 15.9. The van der Waals surface area contributed by atoms with Crippen LogP contribution in [0, 0.1) is 11.3 Å². The standard InChI is InChI=1S/C20H21ClN4O2/c1-14(20(27)23-16-7-6-15(13-22)17(21)12-16)24-8-10-25(11-9-24)18-4-2-3-5-19(18)26/h2-7,12,14,26H,8-11H2,1H3,(H,23,27)/p+1/t14-/m1/s1. The molecule has 1 amide bonds. The molecule has 0 aliphatic carbocycles. The number of amides is 1. The highest BCUT2D eigenvalue weighted by atomic mass is 35.5. The third-order valence-corrected chi connectivity index (χ3v) is 5.30. The van der Waals surface area contributed by atoms with Gasteiger partial charge in [-0.3, -0.25) is 4.79 Å². The quantitative estimate of drug-likeness (QED) is 0.747. The average molecular weight is 386 g/mol. The fraction of sp³-hybridized carbons (Fsp3) is 0.300. The van der Waals surface area contributed by atoms with Gasteiger partial charge in [0.05, 0.1) is 42.5 Å². The van der Waals surface area contributed by atoms with E-state index >= 15 is 0 Å². The number of aromatic hydroxyl groups is 1. The Balaban J connectivity index is 1.58. The lowest BCUT2D eigenvalue weighted by Gasteiger charge is -2.36. The third-order valence-electron chi connectivity index (χ3n) is 4.99. The number of phenolic OH excluding ortho intramolecular Hbond substituents is 1. The molecule has 3 rings (SSSR count). The van der Waals surface area contributed by atoms with Gasteiger partial charge in [0, 0.05) is 5.69 Å². The zero-order valence-electron chi connectivity index (χ0n) is 15.1. The van der Waals surface area contributed by atoms with Crippen LogP contribution in [-0.2, 0) is 4.79 Å². The lowest BCUT2D eigenvalue weighted by molar-refractivity contribution is -0.914. The summed E-state index contributed by atoms with van der Waals surface area (Å²) in [5.74, 6) is 0.200. The second kappa shape index (κ2) is 8.30. The van der Waals surface area contributed by atoms with Gasteiger partial charge in [-0.25, -0.2) is 0 Å². The van der Waals surface area contributed by atoms with Crippen LogP contribution in [0.25, 0.3) is 0 Å². The van der Waals surface area contributed by atoms with Crippen LogP contribution in [0.3, 0.4) is 0 Å². The highest BCUT2D eigenvalue weighted by molar-refractivity contribution is 6.32. The van der Waals surface area contributed by atoms with E-state index in [0.717, 1.165) is 31.9 Å². The molecule has 0 bridgehead atoms. The molecule has 1 fully saturated rings. The fourth-order valence-electron chi connectivity index (χ4n) is 3.32. The van der Waals surface area contributed by atoms with Gasteiger partial charge in [0.2, 0.25) is 0 Å². The molecule has 2 aromatic rings. The Bertz CT molecular complexity index is 873. The normalized spacial score (nSPS) is 15.8. The molecule has 27 heavy (non-hydrogen) atoms. The highest BCUT2D eigenvalue weighted by Gasteiger charge is 2.30. The minimum atomic E-state index is -0.217. The molecule has 140 valence electrons. The molecular formula is C20H22ClN4O2+. The molecule has 1 aliphatic rings. The van der Waals surface area contributed by atoms with Crippen molar-refractivity contribution in [3.05, 3.63) is 53.1 Å². The molecule has 1 atom stereocenters. The molecule has 0 radical (unpaired) electrons. The zero-order valence-corrected chi connectivity index (χ0v) is 15.8. The number of halogens is 1. The fourth-order valence-corrected chi connectivity index (χ4v) is 3.54. The van der Waals surface area contributed by atoms with Gasteiger partial charge < -0.3 is 20.2 Å². The third kappa shape index (κ3) is 4.33. The number of benzene rings is 2. The lowest BCUT2D eigenvalue weighted by Crippen LogP contribution is -3.19. The van der Waals surface area contributed by atoms with Crippen LogP contribution >= 0.6 is 11.6 Å². The number of hydrogen-bond acceptors (Lipinski definition) is 4. The highest BCUT2D eigenvalue weighted by Crippen LogP contribution is 2.26. The zero-order chi connectivity index (χ0) is 19.4. The van der Waals surface area contributed by atoms with E-state index in [1.165, 1.54) is 4.90 Å². The Morgan fingerprint density at radius 3 is 2.63 bits per heavy atom. The van der Waals surface area contributed by atoms with Gasteiger partial charge in [-0.15, -0.1) is 0 Å². The molecule has 3 N–H and O–H groups in total. The monoisotopic (exact) mass is 385 g/mol. The molecule has 0 unspecified atom stereocenters. The van der Waals surface area contributed by atoms with Crippen LogP contribution in [-0.4, -0.2) is 43.2 Å². The first kappa shape index (κ1) is 19.0. The Labute approximate surface area is 163 Å². The number of hydrogen-bond donors (Lipinski definition) is 3. The summed E-state index contributed by atoms with van der Waals surface area (Å²) in [5, 5.41) is 22.1. The summed E-state index contributed by atoms with van der Waals surface area (Å²) in [7, 11) is 0. The first-order chi connectivity index (χ1) is 13.0. The molecule has 1 heterocycles. The number of nitrogens with one attached hydrogen (secondary N) is 2. The predicted molar refractivity (Wildman–Crippen MR) is 105 cm³/mol. The second-order valence-corrected chi connectivity index (χ2v) is 7.06. The van der Waals surface area contributed by atoms with Gasteiger partial charge in [-0.05, 0) is 37.3 Å². The van der Waals surface area contributed by atoms with Crippen LogP contribution in [0.1, 0.15) is 12.5 Å². The van der Waals surface area contributed by atoms with Crippen LogP contribution in [0.2, 0.25) is 5.02 Å². The summed E-state index contributed by atoms with van der Waals surface area (Å²) >= 11 is 6.02. The van der Waals surface area contributed by atoms with Gasteiger partial charge >= 0.3 is 0 Å². The van der Waals surface area contributed by atoms with Gasteiger partial charge in [0.25, 0.3) is 5.91 Å². The average Bonchev–Trinajstić information content (AvgIpc) is 2.68. The molecule has 1 saturated heterocycles. The first-order valence-corrected chi connectivity index (χ1v) is 9.25. The number of piperazine rings is 1. The number of quaternary nitrogens is 1. The van der Waals surface area contributed by atoms with Crippen molar-refractivity contribution >= 4 is 28.9 Å². The molecule has 7 heteroatoms. The van der Waals surface area contributed by atoms with Crippen LogP contribution in [0.15, 0.2) is 42.5 Å². The number of rotatable bonds is 4. The van der Waals surface area contributed by atoms with E-state index in [0.29, 0.717) is 16.3 Å². The van der Waals surface area contributed by atoms with Crippen LogP contribution in [0.5, 0.6) is 5.75 Å². The summed E-state index contributed by atoms with van der Waals surface area (Å²) in [5.41, 5.74) is 1.80. The van der Waals surface area contributed by atoms with E-state index < -0.39 is 0 Å². The number of phenols is 1. The molecule has 1 aliphatic heterocycles. The maximum atomic E-state index is 12.6. The predicted octanol–water partition coefficient (Wildman–Crippen LogP) is 1.65. The number of nitrogens with zero attached hydrogens (tertiary/aromatic N) is 2. The van der Waals surface area contributed by atoms with E-state index in [4.69, 9.17) is 16.9 Å². The molecule has 0 saturated carbocycles. The lowest BCUT2D eigenvalue weighted by atomic mass is 10.1. The van der Waals surface area contributed by atoms with Crippen molar-refractivity contribution in [2.24, 2.45) is 0 Å². The summed E-state index contributed by atoms with van der Waals surface area (Å²) in [6, 6.07) is 14.0. The molecule has 2 aromatic carbocycles. The number of carbonyl (C=O) groups is 1. The molecule has 6 nitrogen and oxygen atoms in total. The van der Waals surface area contributed by atoms with E-state index in [2.05, 4.69) is 10.2 Å². The van der Waals surface area contributed by atoms with E-state index in [1.54, 1.807) is 24.3 Å². The maximum Gasteiger partial charge on any atom is 0.282 e. The number of nitriles is 1. The second-order valence-electron chi connectivity index (χ2n) is 6.65. The van der Waals surface area contributed by atoms with E-state index in [9.17, 15) is 9.90 Å². The Morgan fingerprint density at radius 2 is 2.00 bits per heavy atom. The topological polar surface area (TPSA) is 80.8 Å². The van der Waals surface area contributed by atoms with Crippen molar-refractivity contribution in [1.82, 2.24) is 0 Å². The van der Waals surface area contributed by atoms with Crippen molar-refractivity contribution in [2.75, 3.05) is 36.4 Å². The molecule has 0 spiro atoms. The minimum Gasteiger partial charge on any atom is -0.506 e. The largest absolute Gasteiger partial charge is 0.506 e. The van der Waals surface area contributed by atoms with Crippen molar-refractivity contribution < 1.29 is 14.8 Å². The first-order valence-electron chi connectivity index (χ1n) is 8.87. The van der Waals surface area contributed by atoms with Crippen LogP contribution < -0.4 is 15.1 Å². The van der Waals surface area contributed by atoms with Crippen LogP contribution in [0.4, 0.5) is 11.4 Å². The Kier molecular flexibility index (Phi) is 5.84. The van der Waals surface area contributed by atoms with E-state index in [-0.39, 0.29) is 17.7 Å². The number of para-hydroxylation sites is 2. The Morgan fingerprint density at radius 1 is 1.30 bits per heavy atom. The van der Waals surface area contributed by atoms with Crippen molar-refractivity contribution in [1.29, 1.82) is 5.26 Å². The maximum absolute atomic E-state index is 12.6. The number of carbonyl (C=O) groups excluding carboxylic acids is 1. The van der Waals surface area contributed by atoms with Crippen molar-refractivity contribution in [2.45, 2.75) is 13.0 Å². The van der Waals surface area contributed by atoms with Gasteiger partial charge in [-0.2, -0.15) is 5.26 Å². The molecule has 0 aromatic heterocycles. The number of anilines is 2. The Hall–Kier alpha value is -2.75. The van der Waals surface area contributed by atoms with Gasteiger partial charge in [0.15, 0.2) is 6.04 Å². The van der Waals surface area contributed by atoms with E-state index in [1.807, 2.05) is 31.2 Å². The van der Waals surface area contributed by atoms with Crippen molar-refractivity contribution in [3.63, 3.8) is 0 Å². The summed E-state index contributed by atoms with van der Waals surface area (Å²) in [6.07, 6.45) is 0. The summed E-state index contributed by atoms with van der Waals surface area (Å²) < 4.78 is 0. The smallest absolute Gasteiger partial charge is 0.282 e. The molecular weight excluding hydrogens is 364 g/mol. The van der Waals surface area contributed by atoms with Gasteiger partial charge in [-0.1, -0.05) is 23.7 Å². The minimum absolute atomic E-state index is 0.0817. The van der Waals surface area contributed by atoms with Crippen molar-refractivity contribution in [3.8, 4) is 11.8 Å².